The zero-order valence-electron chi connectivity index (χ0n) is 18.4. The maximum Gasteiger partial charge on any atom is 0.222 e. The Kier molecular flexibility index (Phi) is 9.61. The number of amides is 1. The van der Waals surface area contributed by atoms with Gasteiger partial charge in [-0.1, -0.05) is 42.1 Å². The molecule has 0 N–H and O–H groups in total. The molecule has 1 aromatic carbocycles. The van der Waals surface area contributed by atoms with E-state index in [-0.39, 0.29) is 5.91 Å². The van der Waals surface area contributed by atoms with E-state index in [0.717, 1.165) is 54.6 Å². The van der Waals surface area contributed by atoms with Crippen molar-refractivity contribution in [1.29, 1.82) is 0 Å². The minimum atomic E-state index is 0.215. The topological polar surface area (TPSA) is 49.3 Å². The number of likely N-dealkylation sites (N-methyl/N-ethyl adjacent to an activating group) is 1. The van der Waals surface area contributed by atoms with Crippen LogP contribution in [0.4, 0.5) is 0 Å². The van der Waals surface area contributed by atoms with Gasteiger partial charge in [0.15, 0.2) is 5.16 Å². The molecular formula is C23H34N4OS. The van der Waals surface area contributed by atoms with E-state index < -0.39 is 0 Å². The van der Waals surface area contributed by atoms with E-state index in [2.05, 4.69) is 39.1 Å². The summed E-state index contributed by atoms with van der Waals surface area (Å²) in [6.45, 7) is 6.46. The van der Waals surface area contributed by atoms with Crippen LogP contribution in [-0.4, -0.2) is 65.7 Å². The van der Waals surface area contributed by atoms with E-state index in [1.807, 2.05) is 45.2 Å². The highest BCUT2D eigenvalue weighted by Crippen LogP contribution is 2.17. The number of carbonyl (C=O) groups excluding carboxylic acids is 1. The van der Waals surface area contributed by atoms with Crippen molar-refractivity contribution in [3.63, 3.8) is 0 Å². The zero-order valence-corrected chi connectivity index (χ0v) is 19.3. The second kappa shape index (κ2) is 11.9. The quantitative estimate of drug-likeness (QED) is 0.414. The molecule has 0 radical (unpaired) electrons. The fourth-order valence-corrected chi connectivity index (χ4v) is 3.81. The predicted molar refractivity (Wildman–Crippen MR) is 122 cm³/mol. The largest absolute Gasteiger partial charge is 0.341 e. The average molecular weight is 415 g/mol. The van der Waals surface area contributed by atoms with E-state index >= 15 is 0 Å². The standard InChI is InChI=1S/C23H34N4OS/c1-18-21(19(2)25-23(24-18)29-5)13-14-22(28)27(17-16-26(3)4)15-9-12-20-10-7-6-8-11-20/h6-8,10-11H,9,12-17H2,1-5H3. The first-order valence-electron chi connectivity index (χ1n) is 10.2. The molecule has 0 unspecified atom stereocenters. The van der Waals surface area contributed by atoms with Crippen LogP contribution < -0.4 is 0 Å². The highest BCUT2D eigenvalue weighted by Gasteiger charge is 2.16. The molecule has 0 spiro atoms. The van der Waals surface area contributed by atoms with Crippen LogP contribution in [-0.2, 0) is 17.6 Å². The lowest BCUT2D eigenvalue weighted by atomic mass is 10.1. The number of hydrogen-bond donors (Lipinski definition) is 0. The summed E-state index contributed by atoms with van der Waals surface area (Å²) in [7, 11) is 4.09. The summed E-state index contributed by atoms with van der Waals surface area (Å²) in [6.07, 6.45) is 5.15. The van der Waals surface area contributed by atoms with Gasteiger partial charge in [-0.15, -0.1) is 0 Å². The van der Waals surface area contributed by atoms with Crippen molar-refractivity contribution in [2.75, 3.05) is 40.0 Å². The summed E-state index contributed by atoms with van der Waals surface area (Å²) in [5.74, 6) is 0.215. The van der Waals surface area contributed by atoms with Gasteiger partial charge in [-0.25, -0.2) is 9.97 Å². The second-order valence-corrected chi connectivity index (χ2v) is 8.41. The molecule has 1 amide bonds. The number of nitrogens with zero attached hydrogens (tertiary/aromatic N) is 4. The van der Waals surface area contributed by atoms with Gasteiger partial charge in [0, 0.05) is 37.4 Å². The Hall–Kier alpha value is -1.92. The highest BCUT2D eigenvalue weighted by atomic mass is 32.2. The van der Waals surface area contributed by atoms with Crippen LogP contribution in [0.5, 0.6) is 0 Å². The molecule has 2 aromatic rings. The minimum absolute atomic E-state index is 0.215. The van der Waals surface area contributed by atoms with Gasteiger partial charge >= 0.3 is 0 Å². The number of hydrogen-bond acceptors (Lipinski definition) is 5. The monoisotopic (exact) mass is 414 g/mol. The maximum atomic E-state index is 13.0. The molecular weight excluding hydrogens is 380 g/mol. The van der Waals surface area contributed by atoms with E-state index in [1.165, 1.54) is 5.56 Å². The molecule has 0 aliphatic heterocycles. The molecule has 1 heterocycles. The second-order valence-electron chi connectivity index (χ2n) is 7.63. The molecule has 0 fully saturated rings. The normalized spacial score (nSPS) is 11.1. The molecule has 0 saturated carbocycles. The van der Waals surface area contributed by atoms with Gasteiger partial charge in [-0.05, 0) is 64.6 Å². The molecule has 0 aliphatic carbocycles. The Labute approximate surface area is 179 Å². The Morgan fingerprint density at radius 2 is 1.62 bits per heavy atom. The molecule has 29 heavy (non-hydrogen) atoms. The highest BCUT2D eigenvalue weighted by molar-refractivity contribution is 7.98. The molecule has 2 rings (SSSR count). The molecule has 158 valence electrons. The van der Waals surface area contributed by atoms with Crippen molar-refractivity contribution < 1.29 is 4.79 Å². The van der Waals surface area contributed by atoms with E-state index in [9.17, 15) is 4.79 Å². The van der Waals surface area contributed by atoms with Crippen LogP contribution in [0.1, 0.15) is 35.4 Å². The third-order valence-electron chi connectivity index (χ3n) is 5.08. The van der Waals surface area contributed by atoms with Crippen LogP contribution in [0.15, 0.2) is 35.5 Å². The van der Waals surface area contributed by atoms with Crippen molar-refractivity contribution in [3.05, 3.63) is 52.8 Å². The Bertz CT molecular complexity index is 757. The van der Waals surface area contributed by atoms with Gasteiger partial charge in [0.25, 0.3) is 0 Å². The SMILES string of the molecule is CSc1nc(C)c(CCC(=O)N(CCCc2ccccc2)CCN(C)C)c(C)n1. The fourth-order valence-electron chi connectivity index (χ4n) is 3.35. The molecule has 5 nitrogen and oxygen atoms in total. The lowest BCUT2D eigenvalue weighted by Gasteiger charge is -2.25. The summed E-state index contributed by atoms with van der Waals surface area (Å²) in [6, 6.07) is 10.5. The Morgan fingerprint density at radius 1 is 0.966 bits per heavy atom. The lowest BCUT2D eigenvalue weighted by Crippen LogP contribution is -2.37. The van der Waals surface area contributed by atoms with Crippen molar-refractivity contribution in [2.45, 2.75) is 44.7 Å². The van der Waals surface area contributed by atoms with Crippen LogP contribution in [0.2, 0.25) is 0 Å². The summed E-state index contributed by atoms with van der Waals surface area (Å²) >= 11 is 1.55. The number of rotatable bonds is 11. The van der Waals surface area contributed by atoms with Gasteiger partial charge in [-0.3, -0.25) is 4.79 Å². The van der Waals surface area contributed by atoms with Gasteiger partial charge in [0.2, 0.25) is 5.91 Å². The number of thioether (sulfide) groups is 1. The van der Waals surface area contributed by atoms with E-state index in [0.29, 0.717) is 12.8 Å². The van der Waals surface area contributed by atoms with E-state index in [1.54, 1.807) is 11.8 Å². The summed E-state index contributed by atoms with van der Waals surface area (Å²) in [5, 5.41) is 0.795. The van der Waals surface area contributed by atoms with Gasteiger partial charge in [0.05, 0.1) is 0 Å². The average Bonchev–Trinajstić information content (AvgIpc) is 2.70. The van der Waals surface area contributed by atoms with Crippen LogP contribution in [0.25, 0.3) is 0 Å². The number of aromatic nitrogens is 2. The van der Waals surface area contributed by atoms with Gasteiger partial charge in [-0.2, -0.15) is 0 Å². The van der Waals surface area contributed by atoms with E-state index in [4.69, 9.17) is 0 Å². The molecule has 0 saturated heterocycles. The summed E-state index contributed by atoms with van der Waals surface area (Å²) in [4.78, 5) is 26.2. The van der Waals surface area contributed by atoms with Crippen molar-refractivity contribution in [3.8, 4) is 0 Å². The lowest BCUT2D eigenvalue weighted by molar-refractivity contribution is -0.131. The number of aryl methyl sites for hydroxylation is 3. The summed E-state index contributed by atoms with van der Waals surface area (Å²) in [5.41, 5.74) is 4.40. The smallest absolute Gasteiger partial charge is 0.222 e. The van der Waals surface area contributed by atoms with Crippen molar-refractivity contribution in [2.24, 2.45) is 0 Å². The predicted octanol–water partition coefficient (Wildman–Crippen LogP) is 3.77. The number of carbonyl (C=O) groups is 1. The third kappa shape index (κ3) is 7.78. The fraction of sp³-hybridized carbons (Fsp3) is 0.522. The molecule has 6 heteroatoms. The van der Waals surface area contributed by atoms with Crippen molar-refractivity contribution >= 4 is 17.7 Å². The van der Waals surface area contributed by atoms with Crippen LogP contribution in [0, 0.1) is 13.8 Å². The van der Waals surface area contributed by atoms with Gasteiger partial charge in [0.1, 0.15) is 0 Å². The third-order valence-corrected chi connectivity index (χ3v) is 5.63. The zero-order chi connectivity index (χ0) is 21.2. The van der Waals surface area contributed by atoms with Crippen LogP contribution >= 0.6 is 11.8 Å². The van der Waals surface area contributed by atoms with Crippen LogP contribution in [0.3, 0.4) is 0 Å². The maximum absolute atomic E-state index is 13.0. The number of benzene rings is 1. The summed E-state index contributed by atoms with van der Waals surface area (Å²) < 4.78 is 0. The minimum Gasteiger partial charge on any atom is -0.341 e. The first-order valence-corrected chi connectivity index (χ1v) is 11.5. The van der Waals surface area contributed by atoms with Gasteiger partial charge < -0.3 is 9.80 Å². The first kappa shape index (κ1) is 23.4. The Morgan fingerprint density at radius 3 is 2.21 bits per heavy atom. The molecule has 0 bridgehead atoms. The molecule has 1 aromatic heterocycles. The Balaban J connectivity index is 1.95. The molecule has 0 atom stereocenters. The first-order chi connectivity index (χ1) is 13.9. The molecule has 0 aliphatic rings. The van der Waals surface area contributed by atoms with Crippen molar-refractivity contribution in [1.82, 2.24) is 19.8 Å².